The van der Waals surface area contributed by atoms with Gasteiger partial charge in [0.1, 0.15) is 0 Å². The third kappa shape index (κ3) is 2.61. The number of rotatable bonds is 5. The average molecular weight is 221 g/mol. The van der Waals surface area contributed by atoms with Crippen molar-refractivity contribution in [1.29, 1.82) is 0 Å². The van der Waals surface area contributed by atoms with Crippen LogP contribution in [0.15, 0.2) is 0 Å². The molecule has 0 radical (unpaired) electrons. The lowest BCUT2D eigenvalue weighted by Gasteiger charge is -2.32. The first-order valence-corrected chi connectivity index (χ1v) is 7.60. The summed E-state index contributed by atoms with van der Waals surface area (Å²) in [6, 6.07) is 0.904. The van der Waals surface area contributed by atoms with E-state index in [-0.39, 0.29) is 0 Å². The van der Waals surface area contributed by atoms with Gasteiger partial charge >= 0.3 is 0 Å². The van der Waals surface area contributed by atoms with E-state index in [1.807, 2.05) is 0 Å². The third-order valence-electron chi connectivity index (χ3n) is 5.20. The fourth-order valence-corrected chi connectivity index (χ4v) is 4.05. The maximum absolute atomic E-state index is 3.81. The molecule has 3 saturated carbocycles. The molecule has 1 heteroatoms. The van der Waals surface area contributed by atoms with Gasteiger partial charge in [-0.25, -0.2) is 0 Å². The zero-order chi connectivity index (χ0) is 10.8. The highest BCUT2D eigenvalue weighted by Crippen LogP contribution is 2.46. The van der Waals surface area contributed by atoms with Crippen molar-refractivity contribution in [3.8, 4) is 0 Å². The molecule has 1 nitrogen and oxygen atoms in total. The maximum atomic E-state index is 3.81. The Morgan fingerprint density at radius 2 is 1.56 bits per heavy atom. The van der Waals surface area contributed by atoms with Crippen LogP contribution in [0.25, 0.3) is 0 Å². The third-order valence-corrected chi connectivity index (χ3v) is 5.20. The highest BCUT2D eigenvalue weighted by molar-refractivity contribution is 4.92. The molecule has 0 amide bonds. The number of hydrogen-bond acceptors (Lipinski definition) is 1. The molecular formula is C15H27N. The van der Waals surface area contributed by atoms with Gasteiger partial charge in [0.2, 0.25) is 0 Å². The molecule has 16 heavy (non-hydrogen) atoms. The summed E-state index contributed by atoms with van der Waals surface area (Å²) in [6.45, 7) is 1.34. The van der Waals surface area contributed by atoms with Crippen molar-refractivity contribution in [2.45, 2.75) is 76.7 Å². The highest BCUT2D eigenvalue weighted by Gasteiger charge is 2.37. The smallest absolute Gasteiger partial charge is 0.00684 e. The Kier molecular flexibility index (Phi) is 3.24. The van der Waals surface area contributed by atoms with Gasteiger partial charge in [-0.2, -0.15) is 0 Å². The van der Waals surface area contributed by atoms with Crippen LogP contribution >= 0.6 is 0 Å². The lowest BCUT2D eigenvalue weighted by molar-refractivity contribution is 0.210. The topological polar surface area (TPSA) is 12.0 Å². The van der Waals surface area contributed by atoms with E-state index < -0.39 is 0 Å². The van der Waals surface area contributed by atoms with Crippen LogP contribution < -0.4 is 5.32 Å². The van der Waals surface area contributed by atoms with Gasteiger partial charge in [-0.1, -0.05) is 38.5 Å². The first-order chi connectivity index (χ1) is 7.86. The van der Waals surface area contributed by atoms with E-state index in [4.69, 9.17) is 0 Å². The maximum Gasteiger partial charge on any atom is 0.00684 e. The molecule has 0 aliphatic heterocycles. The molecule has 0 aromatic rings. The van der Waals surface area contributed by atoms with Crippen LogP contribution in [0, 0.1) is 11.3 Å². The molecule has 3 rings (SSSR count). The van der Waals surface area contributed by atoms with Crippen LogP contribution in [0.5, 0.6) is 0 Å². The molecule has 92 valence electrons. The molecular weight excluding hydrogens is 194 g/mol. The Hall–Kier alpha value is -0.0400. The van der Waals surface area contributed by atoms with Crippen LogP contribution in [0.3, 0.4) is 0 Å². The Morgan fingerprint density at radius 3 is 2.19 bits per heavy atom. The first kappa shape index (κ1) is 11.1. The number of nitrogens with one attached hydrogen (secondary N) is 1. The van der Waals surface area contributed by atoms with E-state index >= 15 is 0 Å². The van der Waals surface area contributed by atoms with Crippen LogP contribution in [-0.2, 0) is 0 Å². The number of hydrogen-bond donors (Lipinski definition) is 1. The van der Waals surface area contributed by atoms with E-state index in [1.165, 1.54) is 70.8 Å². The molecule has 0 heterocycles. The van der Waals surface area contributed by atoms with Crippen LogP contribution in [0.4, 0.5) is 0 Å². The predicted molar refractivity (Wildman–Crippen MR) is 68.5 cm³/mol. The predicted octanol–water partition coefficient (Wildman–Crippen LogP) is 3.88. The zero-order valence-corrected chi connectivity index (χ0v) is 10.6. The van der Waals surface area contributed by atoms with Gasteiger partial charge in [0, 0.05) is 12.6 Å². The quantitative estimate of drug-likeness (QED) is 0.743. The summed E-state index contributed by atoms with van der Waals surface area (Å²) >= 11 is 0. The summed E-state index contributed by atoms with van der Waals surface area (Å²) in [6.07, 6.45) is 16.6. The molecule has 3 aliphatic carbocycles. The summed E-state index contributed by atoms with van der Waals surface area (Å²) in [7, 11) is 0. The normalized spacial score (nSPS) is 30.0. The second-order valence-electron chi connectivity index (χ2n) is 6.72. The van der Waals surface area contributed by atoms with E-state index in [1.54, 1.807) is 6.42 Å². The lowest BCUT2D eigenvalue weighted by Crippen LogP contribution is -2.34. The molecule has 0 bridgehead atoms. The molecule has 0 spiro atoms. The molecule has 0 aromatic heterocycles. The van der Waals surface area contributed by atoms with Crippen LogP contribution in [0.1, 0.15) is 70.6 Å². The van der Waals surface area contributed by atoms with Crippen molar-refractivity contribution < 1.29 is 0 Å². The van der Waals surface area contributed by atoms with Gasteiger partial charge in [-0.05, 0) is 43.4 Å². The van der Waals surface area contributed by atoms with Crippen molar-refractivity contribution in [3.05, 3.63) is 0 Å². The first-order valence-electron chi connectivity index (χ1n) is 7.60. The Morgan fingerprint density at radius 1 is 0.875 bits per heavy atom. The summed E-state index contributed by atoms with van der Waals surface area (Å²) in [5, 5.41) is 3.81. The van der Waals surface area contributed by atoms with Crippen molar-refractivity contribution >= 4 is 0 Å². The monoisotopic (exact) mass is 221 g/mol. The summed E-state index contributed by atoms with van der Waals surface area (Å²) in [5.74, 6) is 1.08. The Balaban J connectivity index is 1.54. The average Bonchev–Trinajstić information content (AvgIpc) is 2.78. The largest absolute Gasteiger partial charge is 0.313 e. The zero-order valence-electron chi connectivity index (χ0n) is 10.6. The second kappa shape index (κ2) is 4.68. The summed E-state index contributed by atoms with van der Waals surface area (Å²) < 4.78 is 0. The lowest BCUT2D eigenvalue weighted by atomic mass is 9.77. The Labute approximate surface area is 100 Å². The van der Waals surface area contributed by atoms with E-state index in [0.29, 0.717) is 0 Å². The minimum Gasteiger partial charge on any atom is -0.313 e. The van der Waals surface area contributed by atoms with Crippen molar-refractivity contribution in [2.24, 2.45) is 11.3 Å². The van der Waals surface area contributed by atoms with Crippen LogP contribution in [-0.4, -0.2) is 12.6 Å². The summed E-state index contributed by atoms with van der Waals surface area (Å²) in [4.78, 5) is 0. The molecule has 3 aliphatic rings. The van der Waals surface area contributed by atoms with Crippen molar-refractivity contribution in [2.75, 3.05) is 6.54 Å². The fourth-order valence-electron chi connectivity index (χ4n) is 4.05. The molecule has 0 aromatic carbocycles. The van der Waals surface area contributed by atoms with Crippen molar-refractivity contribution in [3.63, 3.8) is 0 Å². The van der Waals surface area contributed by atoms with Gasteiger partial charge in [0.15, 0.2) is 0 Å². The Bertz CT molecular complexity index is 220. The molecule has 1 N–H and O–H groups in total. The standard InChI is InChI=1S/C15H27N/c1-2-6-13(5-1)11-15(9-3-4-10-15)12-16-14-7-8-14/h13-14,16H,1-12H2. The second-order valence-corrected chi connectivity index (χ2v) is 6.72. The molecule has 0 saturated heterocycles. The van der Waals surface area contributed by atoms with Gasteiger partial charge in [0.05, 0.1) is 0 Å². The van der Waals surface area contributed by atoms with Crippen molar-refractivity contribution in [1.82, 2.24) is 5.32 Å². The highest BCUT2D eigenvalue weighted by atomic mass is 15.0. The molecule has 0 atom stereocenters. The van der Waals surface area contributed by atoms with Crippen LogP contribution in [0.2, 0.25) is 0 Å². The minimum atomic E-state index is 0.720. The van der Waals surface area contributed by atoms with Gasteiger partial charge in [0.25, 0.3) is 0 Å². The van der Waals surface area contributed by atoms with Gasteiger partial charge in [-0.15, -0.1) is 0 Å². The van der Waals surface area contributed by atoms with Gasteiger partial charge < -0.3 is 5.32 Å². The minimum absolute atomic E-state index is 0.720. The van der Waals surface area contributed by atoms with E-state index in [0.717, 1.165) is 17.4 Å². The van der Waals surface area contributed by atoms with Gasteiger partial charge in [-0.3, -0.25) is 0 Å². The van der Waals surface area contributed by atoms with E-state index in [2.05, 4.69) is 5.32 Å². The summed E-state index contributed by atoms with van der Waals surface area (Å²) in [5.41, 5.74) is 0.720. The molecule has 3 fully saturated rings. The van der Waals surface area contributed by atoms with E-state index in [9.17, 15) is 0 Å². The molecule has 0 unspecified atom stereocenters. The SMILES string of the molecule is C1CCC(CC2(CNC3CC3)CCCC2)C1. The fraction of sp³-hybridized carbons (Fsp3) is 1.00.